The third kappa shape index (κ3) is 8.25. The van der Waals surface area contributed by atoms with Gasteiger partial charge in [0.15, 0.2) is 11.7 Å². The van der Waals surface area contributed by atoms with Crippen LogP contribution in [0.5, 0.6) is 11.5 Å². The summed E-state index contributed by atoms with van der Waals surface area (Å²) in [6.07, 6.45) is 0.768. The van der Waals surface area contributed by atoms with Gasteiger partial charge in [-0.3, -0.25) is 25.8 Å². The third-order valence-corrected chi connectivity index (χ3v) is 7.60. The second-order valence-corrected chi connectivity index (χ2v) is 11.2. The largest absolute Gasteiger partial charge is 0.492 e. The van der Waals surface area contributed by atoms with Gasteiger partial charge in [0.25, 0.3) is 11.8 Å². The van der Waals surface area contributed by atoms with Gasteiger partial charge in [-0.15, -0.1) is 0 Å². The number of carbonyl (C=O) groups is 2. The molecule has 0 aliphatic carbocycles. The number of ether oxygens (including phenoxy) is 2. The zero-order valence-electron chi connectivity index (χ0n) is 20.3. The standard InChI is InChI=1S/C28H22Br3N3O4S/c29-20-8-9-21-18(14-20)6-11-24(26(21)31)38-16-25(35)33-34-28(39)32-27(36)19-7-10-23(22(30)15-19)37-13-12-17-4-2-1-3-5-17/h1-11,14-15H,12-13,16H2,(H,33,35)(H2,32,34,36,39). The first-order valence-corrected chi connectivity index (χ1v) is 14.5. The van der Waals surface area contributed by atoms with Gasteiger partial charge in [-0.2, -0.15) is 0 Å². The SMILES string of the molecule is O=C(COc1ccc2cc(Br)ccc2c1Br)NNC(=S)NC(=O)c1ccc(OCCc2ccccc2)c(Br)c1. The zero-order chi connectivity index (χ0) is 27.8. The molecule has 0 bridgehead atoms. The summed E-state index contributed by atoms with van der Waals surface area (Å²) in [6, 6.07) is 24.6. The number of rotatable bonds is 8. The average molecular weight is 736 g/mol. The summed E-state index contributed by atoms with van der Waals surface area (Å²) in [6.45, 7) is 0.240. The third-order valence-electron chi connectivity index (χ3n) is 5.47. The van der Waals surface area contributed by atoms with Crippen molar-refractivity contribution >= 4 is 87.7 Å². The Bertz CT molecular complexity index is 1520. The van der Waals surface area contributed by atoms with Crippen LogP contribution in [0.3, 0.4) is 0 Å². The molecule has 0 unspecified atom stereocenters. The molecule has 2 amide bonds. The number of benzene rings is 4. The lowest BCUT2D eigenvalue weighted by molar-refractivity contribution is -0.123. The second-order valence-electron chi connectivity index (χ2n) is 8.22. The van der Waals surface area contributed by atoms with E-state index in [4.69, 9.17) is 21.7 Å². The molecule has 0 aliphatic rings. The van der Waals surface area contributed by atoms with Crippen molar-refractivity contribution in [3.8, 4) is 11.5 Å². The minimum atomic E-state index is -0.478. The number of thiocarbonyl (C=S) groups is 1. The summed E-state index contributed by atoms with van der Waals surface area (Å²) in [5.74, 6) is 0.228. The Morgan fingerprint density at radius 2 is 1.59 bits per heavy atom. The Labute approximate surface area is 256 Å². The van der Waals surface area contributed by atoms with E-state index in [0.717, 1.165) is 26.1 Å². The maximum Gasteiger partial charge on any atom is 0.276 e. The molecular weight excluding hydrogens is 714 g/mol. The van der Waals surface area contributed by atoms with Crippen LogP contribution in [0.2, 0.25) is 0 Å². The van der Waals surface area contributed by atoms with Crippen molar-refractivity contribution in [3.63, 3.8) is 0 Å². The molecule has 4 aromatic carbocycles. The quantitative estimate of drug-likeness (QED) is 0.142. The van der Waals surface area contributed by atoms with E-state index in [9.17, 15) is 9.59 Å². The van der Waals surface area contributed by atoms with Crippen LogP contribution in [0.25, 0.3) is 10.8 Å². The van der Waals surface area contributed by atoms with Crippen LogP contribution in [-0.4, -0.2) is 30.1 Å². The number of hydrogen-bond acceptors (Lipinski definition) is 5. The van der Waals surface area contributed by atoms with Gasteiger partial charge in [-0.05, 0) is 96.8 Å². The number of nitrogens with one attached hydrogen (secondary N) is 3. The average Bonchev–Trinajstić information content (AvgIpc) is 2.93. The number of fused-ring (bicyclic) bond motifs is 1. The molecule has 0 aliphatic heterocycles. The molecule has 0 spiro atoms. The Balaban J connectivity index is 1.21. The van der Waals surface area contributed by atoms with E-state index in [1.807, 2.05) is 54.6 Å². The molecule has 4 rings (SSSR count). The first-order valence-electron chi connectivity index (χ1n) is 11.7. The van der Waals surface area contributed by atoms with E-state index in [1.54, 1.807) is 24.3 Å². The highest BCUT2D eigenvalue weighted by molar-refractivity contribution is 9.11. The minimum Gasteiger partial charge on any atom is -0.492 e. The molecule has 0 saturated heterocycles. The lowest BCUT2D eigenvalue weighted by Crippen LogP contribution is -2.49. The summed E-state index contributed by atoms with van der Waals surface area (Å²) in [5.41, 5.74) is 6.46. The Hall–Kier alpha value is -2.99. The van der Waals surface area contributed by atoms with E-state index in [-0.39, 0.29) is 11.7 Å². The van der Waals surface area contributed by atoms with Gasteiger partial charge in [0.2, 0.25) is 0 Å². The summed E-state index contributed by atoms with van der Waals surface area (Å²) in [7, 11) is 0. The first kappa shape index (κ1) is 29.0. The molecular formula is C28H22Br3N3O4S. The van der Waals surface area contributed by atoms with Crippen LogP contribution in [0, 0.1) is 0 Å². The van der Waals surface area contributed by atoms with Gasteiger partial charge in [0.05, 0.1) is 15.6 Å². The van der Waals surface area contributed by atoms with Crippen molar-refractivity contribution in [2.75, 3.05) is 13.2 Å². The molecule has 3 N–H and O–H groups in total. The molecule has 0 radical (unpaired) electrons. The van der Waals surface area contributed by atoms with Crippen LogP contribution in [-0.2, 0) is 11.2 Å². The van der Waals surface area contributed by atoms with Gasteiger partial charge in [0.1, 0.15) is 11.5 Å². The molecule has 0 saturated carbocycles. The topological polar surface area (TPSA) is 88.7 Å². The van der Waals surface area contributed by atoms with Crippen molar-refractivity contribution in [3.05, 3.63) is 103 Å². The highest BCUT2D eigenvalue weighted by atomic mass is 79.9. The lowest BCUT2D eigenvalue weighted by atomic mass is 10.1. The number of amides is 2. The summed E-state index contributed by atoms with van der Waals surface area (Å²) >= 11 is 15.6. The highest BCUT2D eigenvalue weighted by Crippen LogP contribution is 2.34. The smallest absolute Gasteiger partial charge is 0.276 e. The van der Waals surface area contributed by atoms with E-state index in [2.05, 4.69) is 64.0 Å². The Kier molecular flexibility index (Phi) is 10.3. The first-order chi connectivity index (χ1) is 18.8. The van der Waals surface area contributed by atoms with Crippen molar-refractivity contribution in [2.45, 2.75) is 6.42 Å². The minimum absolute atomic E-state index is 0.0647. The molecule has 200 valence electrons. The van der Waals surface area contributed by atoms with Crippen molar-refractivity contribution < 1.29 is 19.1 Å². The molecule has 11 heteroatoms. The summed E-state index contributed by atoms with van der Waals surface area (Å²) < 4.78 is 13.8. The molecule has 4 aromatic rings. The zero-order valence-corrected chi connectivity index (χ0v) is 25.9. The monoisotopic (exact) mass is 733 g/mol. The second kappa shape index (κ2) is 13.9. The van der Waals surface area contributed by atoms with E-state index < -0.39 is 11.8 Å². The lowest BCUT2D eigenvalue weighted by Gasteiger charge is -2.13. The van der Waals surface area contributed by atoms with Crippen LogP contribution >= 0.6 is 60.0 Å². The van der Waals surface area contributed by atoms with Crippen LogP contribution in [0.4, 0.5) is 0 Å². The fourth-order valence-electron chi connectivity index (χ4n) is 3.55. The normalized spacial score (nSPS) is 10.5. The van der Waals surface area contributed by atoms with E-state index in [1.165, 1.54) is 5.56 Å². The number of hydrogen-bond donors (Lipinski definition) is 3. The molecule has 0 atom stereocenters. The molecule has 0 heterocycles. The fraction of sp³-hybridized carbons (Fsp3) is 0.107. The van der Waals surface area contributed by atoms with Gasteiger partial charge < -0.3 is 9.47 Å². The fourth-order valence-corrected chi connectivity index (χ4v) is 5.17. The van der Waals surface area contributed by atoms with Gasteiger partial charge in [0, 0.05) is 16.5 Å². The predicted octanol–water partition coefficient (Wildman–Crippen LogP) is 6.46. The molecule has 0 fully saturated rings. The number of carbonyl (C=O) groups excluding carboxylic acids is 2. The summed E-state index contributed by atoms with van der Waals surface area (Å²) in [4.78, 5) is 24.8. The van der Waals surface area contributed by atoms with Gasteiger partial charge in [-0.25, -0.2) is 0 Å². The molecule has 39 heavy (non-hydrogen) atoms. The van der Waals surface area contributed by atoms with Crippen LogP contribution < -0.4 is 25.6 Å². The van der Waals surface area contributed by atoms with E-state index >= 15 is 0 Å². The molecule has 7 nitrogen and oxygen atoms in total. The van der Waals surface area contributed by atoms with E-state index in [0.29, 0.717) is 28.1 Å². The maximum absolute atomic E-state index is 12.6. The van der Waals surface area contributed by atoms with Gasteiger partial charge >= 0.3 is 0 Å². The van der Waals surface area contributed by atoms with Crippen LogP contribution in [0.1, 0.15) is 15.9 Å². The highest BCUT2D eigenvalue weighted by Gasteiger charge is 2.13. The number of hydrazine groups is 1. The van der Waals surface area contributed by atoms with Gasteiger partial charge in [-0.1, -0.05) is 58.4 Å². The van der Waals surface area contributed by atoms with Crippen LogP contribution in [0.15, 0.2) is 92.3 Å². The predicted molar refractivity (Wildman–Crippen MR) is 166 cm³/mol. The number of halogens is 3. The molecule has 0 aromatic heterocycles. The summed E-state index contributed by atoms with van der Waals surface area (Å²) in [5, 5.41) is 4.44. The Morgan fingerprint density at radius 1 is 0.821 bits per heavy atom. The Morgan fingerprint density at radius 3 is 2.36 bits per heavy atom. The van der Waals surface area contributed by atoms with Crippen molar-refractivity contribution in [2.24, 2.45) is 0 Å². The van der Waals surface area contributed by atoms with Crippen molar-refractivity contribution in [1.82, 2.24) is 16.2 Å². The van der Waals surface area contributed by atoms with Crippen molar-refractivity contribution in [1.29, 1.82) is 0 Å². The maximum atomic E-state index is 12.6.